The molecule has 1 aromatic heterocycles. The lowest BCUT2D eigenvalue weighted by Gasteiger charge is -2.14. The molecule has 0 saturated heterocycles. The number of hydrogen-bond donors (Lipinski definition) is 2. The Morgan fingerprint density at radius 2 is 2.38 bits per heavy atom. The molecule has 2 unspecified atom stereocenters. The van der Waals surface area contributed by atoms with Crippen LogP contribution in [0.4, 0.5) is 0 Å². The van der Waals surface area contributed by atoms with Gasteiger partial charge < -0.3 is 10.4 Å². The van der Waals surface area contributed by atoms with Crippen LogP contribution in [0.5, 0.6) is 0 Å². The Bertz CT molecular complexity index is 223. The van der Waals surface area contributed by atoms with Gasteiger partial charge in [0.15, 0.2) is 0 Å². The van der Waals surface area contributed by atoms with E-state index < -0.39 is 0 Å². The van der Waals surface area contributed by atoms with Crippen molar-refractivity contribution in [3.05, 3.63) is 22.4 Å². The number of hydrogen-bond acceptors (Lipinski definition) is 3. The van der Waals surface area contributed by atoms with Gasteiger partial charge in [-0.2, -0.15) is 0 Å². The van der Waals surface area contributed by atoms with E-state index in [1.165, 1.54) is 4.88 Å². The molecular formula is C10H17NOS. The highest BCUT2D eigenvalue weighted by atomic mass is 32.1. The summed E-state index contributed by atoms with van der Waals surface area (Å²) in [5, 5.41) is 14.7. The largest absolute Gasteiger partial charge is 0.392 e. The summed E-state index contributed by atoms with van der Waals surface area (Å²) >= 11 is 1.75. The smallest absolute Gasteiger partial charge is 0.0662 e. The zero-order valence-corrected chi connectivity index (χ0v) is 8.97. The molecule has 0 aliphatic rings. The summed E-state index contributed by atoms with van der Waals surface area (Å²) in [5.41, 5.74) is 0. The van der Waals surface area contributed by atoms with E-state index in [1.54, 1.807) is 11.3 Å². The summed E-state index contributed by atoms with van der Waals surface area (Å²) in [5.74, 6) is 0. The van der Waals surface area contributed by atoms with Crippen molar-refractivity contribution in [1.82, 2.24) is 5.32 Å². The van der Waals surface area contributed by atoms with Crippen molar-refractivity contribution < 1.29 is 5.11 Å². The lowest BCUT2D eigenvalue weighted by Crippen LogP contribution is -2.28. The molecular weight excluding hydrogens is 182 g/mol. The molecule has 0 aliphatic carbocycles. The minimum Gasteiger partial charge on any atom is -0.392 e. The van der Waals surface area contributed by atoms with E-state index in [1.807, 2.05) is 6.92 Å². The second kappa shape index (κ2) is 5.37. The Kier molecular flexibility index (Phi) is 4.42. The van der Waals surface area contributed by atoms with E-state index in [9.17, 15) is 5.11 Å². The van der Waals surface area contributed by atoms with Gasteiger partial charge in [0.25, 0.3) is 0 Å². The van der Waals surface area contributed by atoms with Gasteiger partial charge in [0.05, 0.1) is 6.10 Å². The number of nitrogens with one attached hydrogen (secondary N) is 1. The Morgan fingerprint density at radius 3 is 2.92 bits per heavy atom. The average molecular weight is 199 g/mol. The van der Waals surface area contributed by atoms with Crippen LogP contribution in [-0.2, 0) is 0 Å². The van der Waals surface area contributed by atoms with E-state index in [0.29, 0.717) is 12.6 Å². The molecule has 0 amide bonds. The second-order valence-corrected chi connectivity index (χ2v) is 4.19. The van der Waals surface area contributed by atoms with Crippen molar-refractivity contribution in [1.29, 1.82) is 0 Å². The van der Waals surface area contributed by atoms with Crippen LogP contribution < -0.4 is 5.32 Å². The fourth-order valence-corrected chi connectivity index (χ4v) is 1.85. The molecule has 1 heterocycles. The second-order valence-electron chi connectivity index (χ2n) is 3.21. The zero-order valence-electron chi connectivity index (χ0n) is 8.16. The molecule has 0 bridgehead atoms. The predicted molar refractivity (Wildman–Crippen MR) is 57.0 cm³/mol. The van der Waals surface area contributed by atoms with Gasteiger partial charge in [0.2, 0.25) is 0 Å². The maximum absolute atomic E-state index is 9.35. The standard InChI is InChI=1S/C10H17NOS/c1-3-9(12)7-11-8(2)10-5-4-6-13-10/h4-6,8-9,11-12H,3,7H2,1-2H3. The van der Waals surface area contributed by atoms with E-state index >= 15 is 0 Å². The van der Waals surface area contributed by atoms with Gasteiger partial charge in [-0.1, -0.05) is 13.0 Å². The zero-order chi connectivity index (χ0) is 9.68. The molecule has 1 aromatic rings. The predicted octanol–water partition coefficient (Wildman–Crippen LogP) is 2.17. The fourth-order valence-electron chi connectivity index (χ4n) is 1.10. The molecule has 2 nitrogen and oxygen atoms in total. The van der Waals surface area contributed by atoms with E-state index in [4.69, 9.17) is 0 Å². The van der Waals surface area contributed by atoms with Gasteiger partial charge in [0.1, 0.15) is 0 Å². The molecule has 0 aliphatic heterocycles. The number of aliphatic hydroxyl groups is 1. The van der Waals surface area contributed by atoms with Crippen molar-refractivity contribution in [2.75, 3.05) is 6.54 Å². The third kappa shape index (κ3) is 3.46. The van der Waals surface area contributed by atoms with Crippen molar-refractivity contribution in [3.63, 3.8) is 0 Å². The molecule has 0 fully saturated rings. The SMILES string of the molecule is CCC(O)CNC(C)c1cccs1. The minimum absolute atomic E-state index is 0.220. The summed E-state index contributed by atoms with van der Waals surface area (Å²) in [6, 6.07) is 4.51. The lowest BCUT2D eigenvalue weighted by molar-refractivity contribution is 0.164. The highest BCUT2D eigenvalue weighted by Gasteiger charge is 2.07. The van der Waals surface area contributed by atoms with Crippen LogP contribution in [0, 0.1) is 0 Å². The lowest BCUT2D eigenvalue weighted by atomic mass is 10.2. The third-order valence-electron chi connectivity index (χ3n) is 2.10. The van der Waals surface area contributed by atoms with Gasteiger partial charge in [-0.3, -0.25) is 0 Å². The van der Waals surface area contributed by atoms with E-state index in [2.05, 4.69) is 29.8 Å². The van der Waals surface area contributed by atoms with Crippen molar-refractivity contribution >= 4 is 11.3 Å². The Hall–Kier alpha value is -0.380. The van der Waals surface area contributed by atoms with Crippen LogP contribution in [0.15, 0.2) is 17.5 Å². The molecule has 13 heavy (non-hydrogen) atoms. The van der Waals surface area contributed by atoms with Crippen LogP contribution in [0.25, 0.3) is 0 Å². The van der Waals surface area contributed by atoms with Crippen LogP contribution in [0.2, 0.25) is 0 Å². The highest BCUT2D eigenvalue weighted by molar-refractivity contribution is 7.10. The average Bonchev–Trinajstić information content (AvgIpc) is 2.66. The quantitative estimate of drug-likeness (QED) is 0.761. The first-order valence-corrected chi connectivity index (χ1v) is 5.56. The van der Waals surface area contributed by atoms with Crippen LogP contribution in [0.1, 0.15) is 31.2 Å². The summed E-state index contributed by atoms with van der Waals surface area (Å²) in [4.78, 5) is 1.32. The topological polar surface area (TPSA) is 32.3 Å². The van der Waals surface area contributed by atoms with Crippen molar-refractivity contribution in [3.8, 4) is 0 Å². The summed E-state index contributed by atoms with van der Waals surface area (Å²) in [6.07, 6.45) is 0.590. The van der Waals surface area contributed by atoms with Gasteiger partial charge in [-0.25, -0.2) is 0 Å². The number of thiophene rings is 1. The maximum Gasteiger partial charge on any atom is 0.0662 e. The molecule has 2 N–H and O–H groups in total. The monoisotopic (exact) mass is 199 g/mol. The first-order valence-electron chi connectivity index (χ1n) is 4.69. The van der Waals surface area contributed by atoms with Crippen molar-refractivity contribution in [2.45, 2.75) is 32.4 Å². The summed E-state index contributed by atoms with van der Waals surface area (Å²) in [6.45, 7) is 4.78. The van der Waals surface area contributed by atoms with Crippen LogP contribution >= 0.6 is 11.3 Å². The molecule has 0 spiro atoms. The van der Waals surface area contributed by atoms with Gasteiger partial charge in [0, 0.05) is 17.5 Å². The minimum atomic E-state index is -0.220. The first kappa shape index (κ1) is 10.7. The van der Waals surface area contributed by atoms with Crippen molar-refractivity contribution in [2.24, 2.45) is 0 Å². The van der Waals surface area contributed by atoms with Gasteiger partial charge in [-0.15, -0.1) is 11.3 Å². The molecule has 2 atom stereocenters. The number of aliphatic hydroxyl groups excluding tert-OH is 1. The maximum atomic E-state index is 9.35. The van der Waals surface area contributed by atoms with Crippen LogP contribution in [-0.4, -0.2) is 17.8 Å². The van der Waals surface area contributed by atoms with Gasteiger partial charge >= 0.3 is 0 Å². The molecule has 74 valence electrons. The normalized spacial score (nSPS) is 15.6. The third-order valence-corrected chi connectivity index (χ3v) is 3.16. The molecule has 1 rings (SSSR count). The highest BCUT2D eigenvalue weighted by Crippen LogP contribution is 2.17. The Labute approximate surface area is 83.6 Å². The Morgan fingerprint density at radius 1 is 1.62 bits per heavy atom. The fraction of sp³-hybridized carbons (Fsp3) is 0.600. The molecule has 0 saturated carbocycles. The van der Waals surface area contributed by atoms with Gasteiger partial charge in [-0.05, 0) is 24.8 Å². The Balaban J connectivity index is 2.30. The molecule has 0 radical (unpaired) electrons. The first-order chi connectivity index (χ1) is 6.24. The molecule has 3 heteroatoms. The van der Waals surface area contributed by atoms with Crippen LogP contribution in [0.3, 0.4) is 0 Å². The molecule has 0 aromatic carbocycles. The number of rotatable bonds is 5. The van der Waals surface area contributed by atoms with E-state index in [-0.39, 0.29) is 6.10 Å². The summed E-state index contributed by atoms with van der Waals surface area (Å²) in [7, 11) is 0. The summed E-state index contributed by atoms with van der Waals surface area (Å²) < 4.78 is 0. The van der Waals surface area contributed by atoms with E-state index in [0.717, 1.165) is 6.42 Å².